The lowest BCUT2D eigenvalue weighted by Gasteiger charge is -2.30. The number of rotatable bonds is 5. The summed E-state index contributed by atoms with van der Waals surface area (Å²) in [4.78, 5) is 10.9. The molecule has 0 bridgehead atoms. The molecule has 0 unspecified atom stereocenters. The van der Waals surface area contributed by atoms with Crippen molar-refractivity contribution in [2.75, 3.05) is 30.4 Å². The predicted molar refractivity (Wildman–Crippen MR) is 92.7 cm³/mol. The number of nitrogens with zero attached hydrogens (tertiary/aromatic N) is 4. The molecule has 1 aromatic carbocycles. The zero-order chi connectivity index (χ0) is 17.2. The fraction of sp³-hybridized carbons (Fsp3) is 0.235. The summed E-state index contributed by atoms with van der Waals surface area (Å²) in [7, 11) is 1.44. The molecule has 3 aromatic rings. The number of anilines is 3. The Bertz CT molecular complexity index is 892. The molecule has 3 heterocycles. The van der Waals surface area contributed by atoms with E-state index >= 15 is 0 Å². The number of hydrogen-bond acceptors (Lipinski definition) is 6. The third-order valence-corrected chi connectivity index (χ3v) is 4.08. The van der Waals surface area contributed by atoms with Crippen LogP contribution in [0, 0.1) is 5.82 Å². The van der Waals surface area contributed by atoms with Crippen LogP contribution in [0.3, 0.4) is 0 Å². The number of aromatic amines is 1. The van der Waals surface area contributed by atoms with Crippen molar-refractivity contribution in [2.24, 2.45) is 0 Å². The maximum atomic E-state index is 13.9. The maximum absolute atomic E-state index is 13.9. The molecule has 1 aliphatic heterocycles. The summed E-state index contributed by atoms with van der Waals surface area (Å²) in [6.07, 6.45) is 2.89. The van der Waals surface area contributed by atoms with E-state index in [2.05, 4.69) is 30.4 Å². The van der Waals surface area contributed by atoms with Crippen LogP contribution in [0.15, 0.2) is 36.5 Å². The van der Waals surface area contributed by atoms with Crippen LogP contribution in [0.2, 0.25) is 0 Å². The molecule has 1 aliphatic rings. The van der Waals surface area contributed by atoms with Crippen molar-refractivity contribution in [3.8, 4) is 17.0 Å². The third kappa shape index (κ3) is 3.10. The first kappa shape index (κ1) is 15.4. The maximum Gasteiger partial charge on any atom is 0.227 e. The van der Waals surface area contributed by atoms with E-state index in [1.165, 1.54) is 19.6 Å². The van der Waals surface area contributed by atoms with Gasteiger partial charge in [-0.3, -0.25) is 5.10 Å². The standard InChI is InChI=1S/C17H17FN6O/c1-25-14-4-3-11(9-12(14)18)13-10-16(23-22-13)20-15-5-6-19-17(21-15)24-7-2-8-24/h3-6,9-10H,2,7-8H2,1H3,(H2,19,20,21,22,23). The lowest BCUT2D eigenvalue weighted by molar-refractivity contribution is 0.386. The molecule has 0 radical (unpaired) electrons. The lowest BCUT2D eigenvalue weighted by atomic mass is 10.1. The second-order valence-corrected chi connectivity index (χ2v) is 5.72. The Hall–Kier alpha value is -3.16. The van der Waals surface area contributed by atoms with Gasteiger partial charge in [0.05, 0.1) is 12.8 Å². The summed E-state index contributed by atoms with van der Waals surface area (Å²) in [5.41, 5.74) is 1.38. The summed E-state index contributed by atoms with van der Waals surface area (Å²) in [5, 5.41) is 10.2. The Morgan fingerprint density at radius 3 is 2.80 bits per heavy atom. The molecule has 7 nitrogen and oxygen atoms in total. The highest BCUT2D eigenvalue weighted by Gasteiger charge is 2.17. The van der Waals surface area contributed by atoms with Crippen molar-refractivity contribution in [3.63, 3.8) is 0 Å². The molecule has 1 fully saturated rings. The number of methoxy groups -OCH3 is 1. The van der Waals surface area contributed by atoms with Gasteiger partial charge >= 0.3 is 0 Å². The molecule has 2 N–H and O–H groups in total. The van der Waals surface area contributed by atoms with Crippen molar-refractivity contribution in [1.82, 2.24) is 20.2 Å². The first-order valence-corrected chi connectivity index (χ1v) is 7.97. The molecule has 0 spiro atoms. The van der Waals surface area contributed by atoms with Crippen molar-refractivity contribution < 1.29 is 9.13 Å². The summed E-state index contributed by atoms with van der Waals surface area (Å²) >= 11 is 0. The van der Waals surface area contributed by atoms with Gasteiger partial charge < -0.3 is 15.0 Å². The first-order chi connectivity index (χ1) is 12.2. The monoisotopic (exact) mass is 340 g/mol. The molecule has 1 saturated heterocycles. The highest BCUT2D eigenvalue weighted by atomic mass is 19.1. The number of halogens is 1. The van der Waals surface area contributed by atoms with Crippen LogP contribution in [0.4, 0.5) is 22.0 Å². The molecular formula is C17H17FN6O. The van der Waals surface area contributed by atoms with Gasteiger partial charge in [-0.1, -0.05) is 0 Å². The van der Waals surface area contributed by atoms with Gasteiger partial charge in [0.2, 0.25) is 5.95 Å². The van der Waals surface area contributed by atoms with Crippen LogP contribution >= 0.6 is 0 Å². The first-order valence-electron chi connectivity index (χ1n) is 7.97. The molecule has 0 amide bonds. The molecule has 128 valence electrons. The second-order valence-electron chi connectivity index (χ2n) is 5.72. The molecule has 8 heteroatoms. The topological polar surface area (TPSA) is 79.0 Å². The fourth-order valence-corrected chi connectivity index (χ4v) is 2.59. The quantitative estimate of drug-likeness (QED) is 0.743. The van der Waals surface area contributed by atoms with Gasteiger partial charge in [0.25, 0.3) is 0 Å². The molecule has 0 aliphatic carbocycles. The van der Waals surface area contributed by atoms with E-state index in [4.69, 9.17) is 4.74 Å². The minimum absolute atomic E-state index is 0.209. The van der Waals surface area contributed by atoms with Gasteiger partial charge in [-0.2, -0.15) is 10.1 Å². The average molecular weight is 340 g/mol. The zero-order valence-corrected chi connectivity index (χ0v) is 13.7. The lowest BCUT2D eigenvalue weighted by Crippen LogP contribution is -2.38. The summed E-state index contributed by atoms with van der Waals surface area (Å²) in [5.74, 6) is 1.76. The van der Waals surface area contributed by atoms with Crippen molar-refractivity contribution in [2.45, 2.75) is 6.42 Å². The van der Waals surface area contributed by atoms with Crippen LogP contribution in [-0.4, -0.2) is 40.4 Å². The number of hydrogen-bond donors (Lipinski definition) is 2. The highest BCUT2D eigenvalue weighted by molar-refractivity contribution is 5.66. The smallest absolute Gasteiger partial charge is 0.227 e. The van der Waals surface area contributed by atoms with Crippen LogP contribution in [0.25, 0.3) is 11.3 Å². The van der Waals surface area contributed by atoms with E-state index in [0.717, 1.165) is 13.1 Å². The highest BCUT2D eigenvalue weighted by Crippen LogP contribution is 2.26. The molecule has 0 saturated carbocycles. The minimum atomic E-state index is -0.418. The Labute approximate surface area is 143 Å². The molecule has 0 atom stereocenters. The van der Waals surface area contributed by atoms with Gasteiger partial charge in [-0.25, -0.2) is 9.37 Å². The van der Waals surface area contributed by atoms with E-state index in [9.17, 15) is 4.39 Å². The normalized spacial score (nSPS) is 13.4. The van der Waals surface area contributed by atoms with Crippen LogP contribution in [-0.2, 0) is 0 Å². The second kappa shape index (κ2) is 6.39. The Balaban J connectivity index is 1.52. The summed E-state index contributed by atoms with van der Waals surface area (Å²) < 4.78 is 18.8. The number of benzene rings is 1. The average Bonchev–Trinajstić information content (AvgIpc) is 3.02. The van der Waals surface area contributed by atoms with E-state index < -0.39 is 5.82 Å². The van der Waals surface area contributed by atoms with E-state index in [-0.39, 0.29) is 5.75 Å². The molecule has 2 aromatic heterocycles. The van der Waals surface area contributed by atoms with Gasteiger partial charge in [0.1, 0.15) is 5.82 Å². The van der Waals surface area contributed by atoms with E-state index in [1.54, 1.807) is 30.5 Å². The summed E-state index contributed by atoms with van der Waals surface area (Å²) in [6, 6.07) is 8.34. The molecule has 25 heavy (non-hydrogen) atoms. The largest absolute Gasteiger partial charge is 0.494 e. The Kier molecular flexibility index (Phi) is 3.93. The number of ether oxygens (including phenoxy) is 1. The van der Waals surface area contributed by atoms with Crippen molar-refractivity contribution >= 4 is 17.6 Å². The van der Waals surface area contributed by atoms with Gasteiger partial charge in [-0.05, 0) is 30.7 Å². The zero-order valence-electron chi connectivity index (χ0n) is 13.7. The molecular weight excluding hydrogens is 323 g/mol. The van der Waals surface area contributed by atoms with E-state index in [0.29, 0.717) is 28.8 Å². The van der Waals surface area contributed by atoms with E-state index in [1.807, 2.05) is 0 Å². The Morgan fingerprint density at radius 1 is 1.20 bits per heavy atom. The van der Waals surface area contributed by atoms with Crippen molar-refractivity contribution in [1.29, 1.82) is 0 Å². The van der Waals surface area contributed by atoms with Crippen LogP contribution in [0.1, 0.15) is 6.42 Å². The minimum Gasteiger partial charge on any atom is -0.494 e. The number of nitrogens with one attached hydrogen (secondary N) is 2. The molecule has 4 rings (SSSR count). The van der Waals surface area contributed by atoms with Crippen LogP contribution < -0.4 is 15.0 Å². The Morgan fingerprint density at radius 2 is 2.08 bits per heavy atom. The van der Waals surface area contributed by atoms with Crippen LogP contribution in [0.5, 0.6) is 5.75 Å². The SMILES string of the molecule is COc1ccc(-c2cc(Nc3ccnc(N4CCC4)n3)n[nH]2)cc1F. The summed E-state index contributed by atoms with van der Waals surface area (Å²) in [6.45, 7) is 1.97. The fourth-order valence-electron chi connectivity index (χ4n) is 2.59. The number of H-pyrrole nitrogens is 1. The van der Waals surface area contributed by atoms with Gasteiger partial charge in [-0.15, -0.1) is 0 Å². The van der Waals surface area contributed by atoms with Gasteiger partial charge in [0.15, 0.2) is 17.4 Å². The van der Waals surface area contributed by atoms with Crippen molar-refractivity contribution in [3.05, 3.63) is 42.3 Å². The third-order valence-electron chi connectivity index (χ3n) is 4.08. The predicted octanol–water partition coefficient (Wildman–Crippen LogP) is 2.97. The number of aromatic nitrogens is 4. The van der Waals surface area contributed by atoms with Gasteiger partial charge in [0, 0.05) is 30.9 Å².